The van der Waals surface area contributed by atoms with Crippen LogP contribution in [0.1, 0.15) is 49.4 Å². The van der Waals surface area contributed by atoms with E-state index in [0.29, 0.717) is 12.2 Å². The molecular weight excluding hydrogens is 208 g/mol. The van der Waals surface area contributed by atoms with Crippen molar-refractivity contribution >= 4 is 5.78 Å². The Kier molecular flexibility index (Phi) is 4.13. The van der Waals surface area contributed by atoms with Crippen molar-refractivity contribution in [1.29, 1.82) is 0 Å². The van der Waals surface area contributed by atoms with Gasteiger partial charge in [-0.25, -0.2) is 0 Å². The molecule has 0 atom stereocenters. The monoisotopic (exact) mass is 232 g/mol. The number of ketones is 1. The fourth-order valence-corrected chi connectivity index (χ4v) is 2.51. The molecule has 1 aromatic rings. The summed E-state index contributed by atoms with van der Waals surface area (Å²) in [5, 5.41) is 0. The number of rotatable bonds is 4. The average Bonchev–Trinajstić information content (AvgIpc) is 2.22. The second kappa shape index (κ2) is 5.03. The van der Waals surface area contributed by atoms with Crippen molar-refractivity contribution in [1.82, 2.24) is 0 Å². The smallest absolute Gasteiger partial charge is 0.138 e. The second-order valence-electron chi connectivity index (χ2n) is 5.71. The Hall–Kier alpha value is -1.11. The molecule has 0 bridgehead atoms. The number of carbonyl (C=O) groups excluding carboxylic acids is 1. The topological polar surface area (TPSA) is 17.1 Å². The van der Waals surface area contributed by atoms with E-state index in [1.54, 1.807) is 0 Å². The van der Waals surface area contributed by atoms with Crippen LogP contribution in [0.25, 0.3) is 0 Å². The number of carbonyl (C=O) groups is 1. The average molecular weight is 232 g/mol. The van der Waals surface area contributed by atoms with Gasteiger partial charge in [0.2, 0.25) is 0 Å². The third kappa shape index (κ3) is 3.18. The van der Waals surface area contributed by atoms with Crippen LogP contribution < -0.4 is 0 Å². The van der Waals surface area contributed by atoms with Gasteiger partial charge in [-0.05, 0) is 43.9 Å². The Morgan fingerprint density at radius 1 is 1.12 bits per heavy atom. The molecule has 0 fully saturated rings. The first kappa shape index (κ1) is 14.0. The van der Waals surface area contributed by atoms with Crippen LogP contribution in [0.5, 0.6) is 0 Å². The summed E-state index contributed by atoms with van der Waals surface area (Å²) in [6.45, 7) is 12.4. The SMILES string of the molecule is CCC(=O)C(C)(C)Cc1c(C)cc(C)cc1C. The molecule has 0 radical (unpaired) electrons. The highest BCUT2D eigenvalue weighted by atomic mass is 16.1. The van der Waals surface area contributed by atoms with E-state index in [4.69, 9.17) is 0 Å². The third-order valence-electron chi connectivity index (χ3n) is 3.54. The standard InChI is InChI=1S/C16H24O/c1-7-15(17)16(5,6)10-14-12(3)8-11(2)9-13(14)4/h8-9H,7,10H2,1-6H3. The van der Waals surface area contributed by atoms with Crippen LogP contribution in [0.3, 0.4) is 0 Å². The molecule has 0 aliphatic heterocycles. The molecule has 0 N–H and O–H groups in total. The number of aryl methyl sites for hydroxylation is 3. The van der Waals surface area contributed by atoms with E-state index in [-0.39, 0.29) is 5.41 Å². The van der Waals surface area contributed by atoms with E-state index in [9.17, 15) is 4.79 Å². The Morgan fingerprint density at radius 3 is 2.00 bits per heavy atom. The minimum Gasteiger partial charge on any atom is -0.299 e. The summed E-state index contributed by atoms with van der Waals surface area (Å²) in [6.07, 6.45) is 1.47. The molecule has 1 heteroatoms. The fraction of sp³-hybridized carbons (Fsp3) is 0.562. The number of hydrogen-bond acceptors (Lipinski definition) is 1. The zero-order valence-corrected chi connectivity index (χ0v) is 12.0. The molecule has 0 saturated heterocycles. The van der Waals surface area contributed by atoms with Gasteiger partial charge in [0, 0.05) is 11.8 Å². The molecule has 0 saturated carbocycles. The quantitative estimate of drug-likeness (QED) is 0.762. The molecule has 0 aliphatic rings. The van der Waals surface area contributed by atoms with Crippen molar-refractivity contribution in [3.8, 4) is 0 Å². The van der Waals surface area contributed by atoms with Crippen LogP contribution in [0, 0.1) is 26.2 Å². The van der Waals surface area contributed by atoms with Gasteiger partial charge in [-0.15, -0.1) is 0 Å². The minimum atomic E-state index is -0.250. The number of Topliss-reactive ketones (excluding diaryl/α,β-unsaturated/α-hetero) is 1. The Balaban J connectivity index is 3.07. The van der Waals surface area contributed by atoms with Crippen LogP contribution in [0.4, 0.5) is 0 Å². The largest absolute Gasteiger partial charge is 0.299 e. The summed E-state index contributed by atoms with van der Waals surface area (Å²) >= 11 is 0. The molecule has 0 aliphatic carbocycles. The molecule has 0 spiro atoms. The van der Waals surface area contributed by atoms with E-state index >= 15 is 0 Å². The fourth-order valence-electron chi connectivity index (χ4n) is 2.51. The van der Waals surface area contributed by atoms with Crippen molar-refractivity contribution in [2.45, 2.75) is 54.4 Å². The van der Waals surface area contributed by atoms with Gasteiger partial charge in [0.25, 0.3) is 0 Å². The summed E-state index contributed by atoms with van der Waals surface area (Å²) in [5.41, 5.74) is 4.99. The lowest BCUT2D eigenvalue weighted by Crippen LogP contribution is -2.26. The molecule has 0 amide bonds. The van der Waals surface area contributed by atoms with Gasteiger partial charge in [0.1, 0.15) is 5.78 Å². The van der Waals surface area contributed by atoms with E-state index in [2.05, 4.69) is 46.8 Å². The van der Waals surface area contributed by atoms with E-state index in [1.165, 1.54) is 22.3 Å². The lowest BCUT2D eigenvalue weighted by atomic mass is 9.78. The predicted molar refractivity (Wildman–Crippen MR) is 73.4 cm³/mol. The first-order chi connectivity index (χ1) is 7.77. The lowest BCUT2D eigenvalue weighted by molar-refractivity contribution is -0.126. The van der Waals surface area contributed by atoms with Gasteiger partial charge in [0.15, 0.2) is 0 Å². The molecular formula is C16H24O. The summed E-state index contributed by atoms with van der Waals surface area (Å²) in [6, 6.07) is 4.41. The van der Waals surface area contributed by atoms with Gasteiger partial charge in [0.05, 0.1) is 0 Å². The first-order valence-corrected chi connectivity index (χ1v) is 6.38. The van der Waals surface area contributed by atoms with Crippen LogP contribution in [-0.4, -0.2) is 5.78 Å². The molecule has 1 rings (SSSR count). The van der Waals surface area contributed by atoms with E-state index in [1.807, 2.05) is 6.92 Å². The van der Waals surface area contributed by atoms with Crippen LogP contribution in [-0.2, 0) is 11.2 Å². The summed E-state index contributed by atoms with van der Waals surface area (Å²) in [4.78, 5) is 11.9. The highest BCUT2D eigenvalue weighted by molar-refractivity contribution is 5.84. The van der Waals surface area contributed by atoms with Crippen molar-refractivity contribution in [2.24, 2.45) is 5.41 Å². The maximum absolute atomic E-state index is 11.9. The number of hydrogen-bond donors (Lipinski definition) is 0. The van der Waals surface area contributed by atoms with Gasteiger partial charge in [-0.3, -0.25) is 4.79 Å². The van der Waals surface area contributed by atoms with Crippen LogP contribution >= 0.6 is 0 Å². The maximum atomic E-state index is 11.9. The molecule has 1 aromatic carbocycles. The molecule has 94 valence electrons. The normalized spacial score (nSPS) is 11.6. The van der Waals surface area contributed by atoms with Gasteiger partial charge < -0.3 is 0 Å². The van der Waals surface area contributed by atoms with Crippen molar-refractivity contribution in [3.63, 3.8) is 0 Å². The molecule has 0 unspecified atom stereocenters. The van der Waals surface area contributed by atoms with Crippen LogP contribution in [0.2, 0.25) is 0 Å². The summed E-state index contributed by atoms with van der Waals surface area (Å²) < 4.78 is 0. The molecule has 1 nitrogen and oxygen atoms in total. The highest BCUT2D eigenvalue weighted by Crippen LogP contribution is 2.28. The highest BCUT2D eigenvalue weighted by Gasteiger charge is 2.27. The van der Waals surface area contributed by atoms with Crippen molar-refractivity contribution < 1.29 is 4.79 Å². The zero-order valence-electron chi connectivity index (χ0n) is 12.0. The Bertz CT molecular complexity index is 404. The third-order valence-corrected chi connectivity index (χ3v) is 3.54. The van der Waals surface area contributed by atoms with E-state index < -0.39 is 0 Å². The number of benzene rings is 1. The zero-order chi connectivity index (χ0) is 13.2. The van der Waals surface area contributed by atoms with E-state index in [0.717, 1.165) is 6.42 Å². The second-order valence-corrected chi connectivity index (χ2v) is 5.71. The summed E-state index contributed by atoms with van der Waals surface area (Å²) in [5.74, 6) is 0.344. The van der Waals surface area contributed by atoms with Crippen molar-refractivity contribution in [3.05, 3.63) is 34.4 Å². The van der Waals surface area contributed by atoms with Gasteiger partial charge in [-0.2, -0.15) is 0 Å². The van der Waals surface area contributed by atoms with Gasteiger partial charge >= 0.3 is 0 Å². The first-order valence-electron chi connectivity index (χ1n) is 6.38. The minimum absolute atomic E-state index is 0.250. The molecule has 0 aromatic heterocycles. The van der Waals surface area contributed by atoms with Crippen molar-refractivity contribution in [2.75, 3.05) is 0 Å². The molecule has 17 heavy (non-hydrogen) atoms. The molecule has 0 heterocycles. The predicted octanol–water partition coefficient (Wildman–Crippen LogP) is 4.16. The maximum Gasteiger partial charge on any atom is 0.138 e. The Labute approximate surface area is 105 Å². The van der Waals surface area contributed by atoms with Crippen LogP contribution in [0.15, 0.2) is 12.1 Å². The Morgan fingerprint density at radius 2 is 1.59 bits per heavy atom. The van der Waals surface area contributed by atoms with Gasteiger partial charge in [-0.1, -0.05) is 38.5 Å². The lowest BCUT2D eigenvalue weighted by Gasteiger charge is -2.25. The summed E-state index contributed by atoms with van der Waals surface area (Å²) in [7, 11) is 0.